The van der Waals surface area contributed by atoms with Crippen LogP contribution in [0.3, 0.4) is 0 Å². The summed E-state index contributed by atoms with van der Waals surface area (Å²) in [6, 6.07) is 7.07. The van der Waals surface area contributed by atoms with Crippen LogP contribution < -0.4 is 5.32 Å². The number of rotatable bonds is 5. The van der Waals surface area contributed by atoms with E-state index in [9.17, 15) is 4.39 Å². The van der Waals surface area contributed by atoms with Gasteiger partial charge in [0.15, 0.2) is 0 Å². The summed E-state index contributed by atoms with van der Waals surface area (Å²) in [5, 5.41) is 8.30. The predicted octanol–water partition coefficient (Wildman–Crippen LogP) is 3.06. The van der Waals surface area contributed by atoms with Crippen molar-refractivity contribution in [3.8, 4) is 0 Å². The molecule has 2 aromatic heterocycles. The highest BCUT2D eigenvalue weighted by atomic mass is 19.1. The molecular weight excluding hydrogens is 279 g/mol. The molecular formula is C17H19FN4. The summed E-state index contributed by atoms with van der Waals surface area (Å²) in [7, 11) is 0. The van der Waals surface area contributed by atoms with E-state index in [-0.39, 0.29) is 11.9 Å². The van der Waals surface area contributed by atoms with Gasteiger partial charge < -0.3 is 5.32 Å². The molecule has 114 valence electrons. The quantitative estimate of drug-likeness (QED) is 0.787. The van der Waals surface area contributed by atoms with Crippen molar-refractivity contribution in [1.82, 2.24) is 20.1 Å². The van der Waals surface area contributed by atoms with Crippen LogP contribution in [0.1, 0.15) is 18.1 Å². The molecule has 0 saturated carbocycles. The van der Waals surface area contributed by atoms with Crippen molar-refractivity contribution in [2.75, 3.05) is 0 Å². The van der Waals surface area contributed by atoms with Gasteiger partial charge in [-0.05, 0) is 43.2 Å². The predicted molar refractivity (Wildman–Crippen MR) is 85.0 cm³/mol. The number of fused-ring (bicyclic) bond motifs is 1. The first-order chi connectivity index (χ1) is 10.6. The first-order valence-electron chi connectivity index (χ1n) is 7.38. The molecule has 0 amide bonds. The van der Waals surface area contributed by atoms with Crippen molar-refractivity contribution in [2.45, 2.75) is 33.0 Å². The highest BCUT2D eigenvalue weighted by Gasteiger charge is 2.09. The van der Waals surface area contributed by atoms with Crippen molar-refractivity contribution in [3.63, 3.8) is 0 Å². The molecule has 2 heterocycles. The summed E-state index contributed by atoms with van der Waals surface area (Å²) < 4.78 is 15.7. The Balaban J connectivity index is 1.70. The SMILES string of the molecule is Cc1cnn(CC(C)NCc2ccc(F)c3cccnc23)c1. The normalized spacial score (nSPS) is 12.7. The molecule has 3 aromatic rings. The molecule has 5 heteroatoms. The van der Waals surface area contributed by atoms with Crippen molar-refractivity contribution in [3.05, 3.63) is 59.8 Å². The van der Waals surface area contributed by atoms with E-state index in [0.29, 0.717) is 11.9 Å². The van der Waals surface area contributed by atoms with Crippen molar-refractivity contribution in [1.29, 1.82) is 0 Å². The van der Waals surface area contributed by atoms with Crippen LogP contribution in [0.5, 0.6) is 0 Å². The Morgan fingerprint density at radius 2 is 2.18 bits per heavy atom. The van der Waals surface area contributed by atoms with E-state index in [1.807, 2.05) is 24.0 Å². The molecule has 0 spiro atoms. The fourth-order valence-corrected chi connectivity index (χ4v) is 2.54. The third-order valence-corrected chi connectivity index (χ3v) is 3.66. The molecule has 0 fully saturated rings. The molecule has 22 heavy (non-hydrogen) atoms. The van der Waals surface area contributed by atoms with Gasteiger partial charge in [-0.1, -0.05) is 6.07 Å². The van der Waals surface area contributed by atoms with Crippen LogP contribution in [-0.2, 0) is 13.1 Å². The fraction of sp³-hybridized carbons (Fsp3) is 0.294. The van der Waals surface area contributed by atoms with E-state index in [2.05, 4.69) is 22.3 Å². The number of nitrogens with one attached hydrogen (secondary N) is 1. The van der Waals surface area contributed by atoms with Gasteiger partial charge in [0.05, 0.1) is 18.3 Å². The van der Waals surface area contributed by atoms with E-state index in [0.717, 1.165) is 23.2 Å². The highest BCUT2D eigenvalue weighted by Crippen LogP contribution is 2.19. The zero-order valence-electron chi connectivity index (χ0n) is 12.8. The number of benzene rings is 1. The van der Waals surface area contributed by atoms with Gasteiger partial charge in [-0.3, -0.25) is 9.67 Å². The van der Waals surface area contributed by atoms with E-state index in [1.165, 1.54) is 6.07 Å². The van der Waals surface area contributed by atoms with E-state index in [4.69, 9.17) is 0 Å². The molecule has 0 aliphatic carbocycles. The molecule has 3 rings (SSSR count). The minimum Gasteiger partial charge on any atom is -0.308 e. The zero-order valence-corrected chi connectivity index (χ0v) is 12.8. The number of hydrogen-bond acceptors (Lipinski definition) is 3. The number of pyridine rings is 1. The van der Waals surface area contributed by atoms with Crippen molar-refractivity contribution in [2.24, 2.45) is 0 Å². The number of aryl methyl sites for hydroxylation is 1. The average Bonchev–Trinajstić information content (AvgIpc) is 2.92. The lowest BCUT2D eigenvalue weighted by atomic mass is 10.1. The molecule has 1 N–H and O–H groups in total. The molecule has 4 nitrogen and oxygen atoms in total. The molecule has 1 aromatic carbocycles. The summed E-state index contributed by atoms with van der Waals surface area (Å²) in [5.74, 6) is -0.230. The Morgan fingerprint density at radius 1 is 1.32 bits per heavy atom. The van der Waals surface area contributed by atoms with Crippen molar-refractivity contribution < 1.29 is 4.39 Å². The molecule has 0 radical (unpaired) electrons. The summed E-state index contributed by atoms with van der Waals surface area (Å²) in [5.41, 5.74) is 2.87. The third-order valence-electron chi connectivity index (χ3n) is 3.66. The average molecular weight is 298 g/mol. The Kier molecular flexibility index (Phi) is 4.15. The van der Waals surface area contributed by atoms with Crippen LogP contribution in [0, 0.1) is 12.7 Å². The van der Waals surface area contributed by atoms with Gasteiger partial charge in [-0.15, -0.1) is 0 Å². The van der Waals surface area contributed by atoms with E-state index < -0.39 is 0 Å². The molecule has 0 aliphatic heterocycles. The Morgan fingerprint density at radius 3 is 2.95 bits per heavy atom. The molecule has 0 saturated heterocycles. The fourth-order valence-electron chi connectivity index (χ4n) is 2.54. The van der Waals surface area contributed by atoms with Gasteiger partial charge >= 0.3 is 0 Å². The molecule has 0 bridgehead atoms. The Hall–Kier alpha value is -2.27. The van der Waals surface area contributed by atoms with Crippen LogP contribution in [0.2, 0.25) is 0 Å². The maximum atomic E-state index is 13.8. The topological polar surface area (TPSA) is 42.7 Å². The minimum atomic E-state index is -0.230. The first-order valence-corrected chi connectivity index (χ1v) is 7.38. The minimum absolute atomic E-state index is 0.230. The standard InChI is InChI=1S/C17H19FN4/c1-12-8-21-22(10-12)11-13(2)20-9-14-5-6-16(18)15-4-3-7-19-17(14)15/h3-8,10,13,20H,9,11H2,1-2H3. The van der Waals surface area contributed by atoms with E-state index in [1.54, 1.807) is 24.4 Å². The second kappa shape index (κ2) is 6.23. The second-order valence-corrected chi connectivity index (χ2v) is 5.63. The lowest BCUT2D eigenvalue weighted by molar-refractivity contribution is 0.451. The van der Waals surface area contributed by atoms with Gasteiger partial charge in [0.1, 0.15) is 5.82 Å². The van der Waals surface area contributed by atoms with Crippen molar-refractivity contribution >= 4 is 10.9 Å². The Labute approximate surface area is 129 Å². The highest BCUT2D eigenvalue weighted by molar-refractivity contribution is 5.82. The van der Waals surface area contributed by atoms with Crippen LogP contribution in [-0.4, -0.2) is 20.8 Å². The number of nitrogens with zero attached hydrogens (tertiary/aromatic N) is 3. The van der Waals surface area contributed by atoms with Gasteiger partial charge in [-0.25, -0.2) is 4.39 Å². The van der Waals surface area contributed by atoms with Crippen LogP contribution in [0.4, 0.5) is 4.39 Å². The first kappa shape index (κ1) is 14.7. The summed E-state index contributed by atoms with van der Waals surface area (Å²) >= 11 is 0. The Bertz CT molecular complexity index is 781. The van der Waals surface area contributed by atoms with Gasteiger partial charge in [0.25, 0.3) is 0 Å². The van der Waals surface area contributed by atoms with Crippen LogP contribution >= 0.6 is 0 Å². The smallest absolute Gasteiger partial charge is 0.132 e. The lowest BCUT2D eigenvalue weighted by Gasteiger charge is -2.15. The summed E-state index contributed by atoms with van der Waals surface area (Å²) in [4.78, 5) is 4.31. The van der Waals surface area contributed by atoms with Gasteiger partial charge in [-0.2, -0.15) is 5.10 Å². The van der Waals surface area contributed by atoms with Gasteiger partial charge in [0, 0.05) is 30.4 Å². The monoisotopic (exact) mass is 298 g/mol. The molecule has 0 aliphatic rings. The lowest BCUT2D eigenvalue weighted by Crippen LogP contribution is -2.30. The number of halogens is 1. The summed E-state index contributed by atoms with van der Waals surface area (Å²) in [6.45, 7) is 5.57. The maximum Gasteiger partial charge on any atom is 0.132 e. The third kappa shape index (κ3) is 3.14. The molecule has 1 unspecified atom stereocenters. The molecule has 1 atom stereocenters. The second-order valence-electron chi connectivity index (χ2n) is 5.63. The zero-order chi connectivity index (χ0) is 15.5. The van der Waals surface area contributed by atoms with Crippen LogP contribution in [0.25, 0.3) is 10.9 Å². The van der Waals surface area contributed by atoms with Crippen LogP contribution in [0.15, 0.2) is 42.9 Å². The largest absolute Gasteiger partial charge is 0.308 e. The summed E-state index contributed by atoms with van der Waals surface area (Å²) in [6.07, 6.45) is 5.57. The van der Waals surface area contributed by atoms with Gasteiger partial charge in [0.2, 0.25) is 0 Å². The number of aromatic nitrogens is 3. The maximum absolute atomic E-state index is 13.8. The van der Waals surface area contributed by atoms with E-state index >= 15 is 0 Å². The number of hydrogen-bond donors (Lipinski definition) is 1.